The number of amides is 4. The third-order valence-corrected chi connectivity index (χ3v) is 9.04. The second kappa shape index (κ2) is 11.1. The second-order valence-electron chi connectivity index (χ2n) is 10.4. The first-order valence-electron chi connectivity index (χ1n) is 13.6. The molecule has 210 valence electrons. The fraction of sp³-hybridized carbons (Fsp3) is 0.464. The molecule has 0 aromatic carbocycles. The van der Waals surface area contributed by atoms with Gasteiger partial charge in [0.05, 0.1) is 36.3 Å². The number of piperidine rings is 1. The Morgan fingerprint density at radius 2 is 2.05 bits per heavy atom. The van der Waals surface area contributed by atoms with Crippen molar-refractivity contribution in [3.8, 4) is 5.88 Å². The molecule has 2 saturated heterocycles. The van der Waals surface area contributed by atoms with Crippen molar-refractivity contribution in [1.82, 2.24) is 25.5 Å². The minimum Gasteiger partial charge on any atom is -0.474 e. The predicted molar refractivity (Wildman–Crippen MR) is 149 cm³/mol. The lowest BCUT2D eigenvalue weighted by Gasteiger charge is -2.36. The molecule has 12 heteroatoms. The van der Waals surface area contributed by atoms with Crippen LogP contribution in [0.1, 0.15) is 43.0 Å². The largest absolute Gasteiger partial charge is 0.474 e. The van der Waals surface area contributed by atoms with Crippen LogP contribution in [-0.2, 0) is 14.3 Å². The smallest absolute Gasteiger partial charge is 0.327 e. The predicted octanol–water partition coefficient (Wildman–Crippen LogP) is 3.01. The SMILES string of the molecule is C=CC(=O)N1CCCC(NC(=O)[C@@H]2Sc3nccc4c3C2NC(=O)N4c2ccc(OC3CCOCC3)nc2C)C1. The number of hydrogen-bond acceptors (Lipinski definition) is 8. The van der Waals surface area contributed by atoms with Crippen LogP contribution in [0.3, 0.4) is 0 Å². The van der Waals surface area contributed by atoms with E-state index in [2.05, 4.69) is 27.2 Å². The van der Waals surface area contributed by atoms with Gasteiger partial charge in [-0.2, -0.15) is 0 Å². The van der Waals surface area contributed by atoms with Gasteiger partial charge >= 0.3 is 6.03 Å². The van der Waals surface area contributed by atoms with Crippen LogP contribution in [-0.4, -0.2) is 76.4 Å². The van der Waals surface area contributed by atoms with E-state index in [1.807, 2.05) is 13.0 Å². The molecule has 40 heavy (non-hydrogen) atoms. The molecule has 2 fully saturated rings. The van der Waals surface area contributed by atoms with Crippen LogP contribution < -0.4 is 20.3 Å². The highest BCUT2D eigenvalue weighted by Gasteiger charge is 2.47. The average molecular weight is 565 g/mol. The minimum atomic E-state index is -0.574. The zero-order chi connectivity index (χ0) is 27.8. The van der Waals surface area contributed by atoms with Gasteiger partial charge in [0.25, 0.3) is 0 Å². The van der Waals surface area contributed by atoms with Crippen LogP contribution in [0.5, 0.6) is 5.88 Å². The summed E-state index contributed by atoms with van der Waals surface area (Å²) in [5.74, 6) is 0.202. The molecule has 6 rings (SSSR count). The standard InChI is InChI=1S/C28H32N6O5S/c1-3-22(35)33-12-4-5-17(15-33)31-26(36)25-24-23-20(8-11-29-27(23)40-25)34(28(37)32-24)19-6-7-21(30-16(19)2)39-18-9-13-38-14-10-18/h3,6-8,11,17-18,24-25H,1,4-5,9-10,12-15H2,2H3,(H,31,36)(H,32,37)/t17?,24?,25-/m1/s1. The van der Waals surface area contributed by atoms with Crippen molar-refractivity contribution in [2.24, 2.45) is 0 Å². The minimum absolute atomic E-state index is 0.0632. The Hall–Kier alpha value is -3.64. The quantitative estimate of drug-likeness (QED) is 0.513. The Kier molecular flexibility index (Phi) is 7.37. The highest BCUT2D eigenvalue weighted by molar-refractivity contribution is 8.01. The Labute approximate surface area is 236 Å². The molecule has 0 bridgehead atoms. The number of aromatic nitrogens is 2. The molecule has 2 unspecified atom stereocenters. The van der Waals surface area contributed by atoms with E-state index < -0.39 is 11.3 Å². The number of carbonyl (C=O) groups excluding carboxylic acids is 3. The van der Waals surface area contributed by atoms with Crippen molar-refractivity contribution >= 4 is 41.0 Å². The van der Waals surface area contributed by atoms with Crippen molar-refractivity contribution in [2.45, 2.75) is 61.1 Å². The van der Waals surface area contributed by atoms with E-state index in [4.69, 9.17) is 9.47 Å². The Balaban J connectivity index is 1.21. The molecule has 2 aromatic heterocycles. The van der Waals surface area contributed by atoms with Gasteiger partial charge in [-0.1, -0.05) is 18.3 Å². The Morgan fingerprint density at radius 1 is 1.23 bits per heavy atom. The monoisotopic (exact) mass is 564 g/mol. The molecule has 0 radical (unpaired) electrons. The molecular formula is C28H32N6O5S. The molecule has 0 saturated carbocycles. The molecule has 4 amide bonds. The average Bonchev–Trinajstić information content (AvgIpc) is 3.33. The lowest BCUT2D eigenvalue weighted by atomic mass is 9.99. The number of anilines is 2. The van der Waals surface area contributed by atoms with E-state index in [9.17, 15) is 14.4 Å². The summed E-state index contributed by atoms with van der Waals surface area (Å²) in [5.41, 5.74) is 2.79. The van der Waals surface area contributed by atoms with E-state index in [1.54, 1.807) is 28.1 Å². The van der Waals surface area contributed by atoms with Gasteiger partial charge < -0.3 is 25.0 Å². The fourth-order valence-corrected chi connectivity index (χ4v) is 7.01. The number of hydrogen-bond donors (Lipinski definition) is 2. The van der Waals surface area contributed by atoms with Gasteiger partial charge in [-0.05, 0) is 38.0 Å². The summed E-state index contributed by atoms with van der Waals surface area (Å²) in [5, 5.41) is 6.29. The molecule has 4 aliphatic heterocycles. The molecular weight excluding hydrogens is 532 g/mol. The number of nitrogens with zero attached hydrogens (tertiary/aromatic N) is 4. The van der Waals surface area contributed by atoms with Gasteiger partial charge in [-0.15, -0.1) is 0 Å². The van der Waals surface area contributed by atoms with Crippen LogP contribution >= 0.6 is 11.8 Å². The van der Waals surface area contributed by atoms with E-state index in [-0.39, 0.29) is 30.0 Å². The summed E-state index contributed by atoms with van der Waals surface area (Å²) in [7, 11) is 0. The maximum absolute atomic E-state index is 13.5. The summed E-state index contributed by atoms with van der Waals surface area (Å²) < 4.78 is 11.5. The van der Waals surface area contributed by atoms with Gasteiger partial charge in [0.2, 0.25) is 17.7 Å². The normalized spacial score (nSPS) is 24.2. The van der Waals surface area contributed by atoms with Gasteiger partial charge in [-0.25, -0.2) is 14.8 Å². The van der Waals surface area contributed by atoms with Crippen molar-refractivity contribution in [2.75, 3.05) is 31.2 Å². The Bertz CT molecular complexity index is 1350. The van der Waals surface area contributed by atoms with E-state index in [0.29, 0.717) is 54.3 Å². The first kappa shape index (κ1) is 26.6. The van der Waals surface area contributed by atoms with Gasteiger partial charge in [0.1, 0.15) is 16.4 Å². The molecule has 0 spiro atoms. The topological polar surface area (TPSA) is 126 Å². The number of nitrogens with one attached hydrogen (secondary N) is 2. The van der Waals surface area contributed by atoms with Gasteiger partial charge in [-0.3, -0.25) is 14.5 Å². The number of ether oxygens (including phenoxy) is 2. The highest BCUT2D eigenvalue weighted by atomic mass is 32.2. The van der Waals surface area contributed by atoms with Crippen LogP contribution in [0.25, 0.3) is 0 Å². The third kappa shape index (κ3) is 5.01. The molecule has 6 heterocycles. The summed E-state index contributed by atoms with van der Waals surface area (Å²) >= 11 is 1.35. The number of aryl methyl sites for hydroxylation is 1. The molecule has 4 aliphatic rings. The number of carbonyl (C=O) groups is 3. The maximum atomic E-state index is 13.5. The highest BCUT2D eigenvalue weighted by Crippen LogP contribution is 2.50. The first-order valence-corrected chi connectivity index (χ1v) is 14.5. The number of pyridine rings is 2. The van der Waals surface area contributed by atoms with Crippen LogP contribution in [0.15, 0.2) is 42.1 Å². The molecule has 2 N–H and O–H groups in total. The summed E-state index contributed by atoms with van der Waals surface area (Å²) in [6.45, 7) is 7.86. The van der Waals surface area contributed by atoms with Gasteiger partial charge in [0.15, 0.2) is 0 Å². The molecule has 11 nitrogen and oxygen atoms in total. The summed E-state index contributed by atoms with van der Waals surface area (Å²) in [4.78, 5) is 51.5. The zero-order valence-electron chi connectivity index (χ0n) is 22.3. The summed E-state index contributed by atoms with van der Waals surface area (Å²) in [6, 6.07) is 4.42. The summed E-state index contributed by atoms with van der Waals surface area (Å²) in [6.07, 6.45) is 6.25. The fourth-order valence-electron chi connectivity index (χ4n) is 5.77. The van der Waals surface area contributed by atoms with Crippen molar-refractivity contribution in [1.29, 1.82) is 0 Å². The van der Waals surface area contributed by atoms with E-state index in [0.717, 1.165) is 31.2 Å². The lowest BCUT2D eigenvalue weighted by Crippen LogP contribution is -2.53. The van der Waals surface area contributed by atoms with Crippen LogP contribution in [0, 0.1) is 6.92 Å². The molecule has 2 aromatic rings. The van der Waals surface area contributed by atoms with E-state index in [1.165, 1.54) is 17.8 Å². The van der Waals surface area contributed by atoms with E-state index >= 15 is 0 Å². The number of rotatable bonds is 6. The maximum Gasteiger partial charge on any atom is 0.327 e. The molecule has 3 atom stereocenters. The number of thioether (sulfide) groups is 1. The Morgan fingerprint density at radius 3 is 2.83 bits per heavy atom. The van der Waals surface area contributed by atoms with Gasteiger partial charge in [0, 0.05) is 49.8 Å². The first-order chi connectivity index (χ1) is 19.4. The van der Waals surface area contributed by atoms with Crippen LogP contribution in [0.4, 0.5) is 16.2 Å². The zero-order valence-corrected chi connectivity index (χ0v) is 23.1. The van der Waals surface area contributed by atoms with Crippen LogP contribution in [0.2, 0.25) is 0 Å². The molecule has 0 aliphatic carbocycles. The van der Waals surface area contributed by atoms with Crippen molar-refractivity contribution in [3.05, 3.63) is 48.3 Å². The second-order valence-corrected chi connectivity index (χ2v) is 11.5. The van der Waals surface area contributed by atoms with Crippen molar-refractivity contribution < 1.29 is 23.9 Å². The number of urea groups is 1. The lowest BCUT2D eigenvalue weighted by molar-refractivity contribution is -0.129. The third-order valence-electron chi connectivity index (χ3n) is 7.75. The van der Waals surface area contributed by atoms with Crippen molar-refractivity contribution in [3.63, 3.8) is 0 Å². The number of likely N-dealkylation sites (tertiary alicyclic amines) is 1.